The molecule has 1 aromatic rings. The highest BCUT2D eigenvalue weighted by Gasteiger charge is 2.58. The Labute approximate surface area is 162 Å². The number of ether oxygens (including phenoxy) is 3. The molecule has 0 aliphatic carbocycles. The molecule has 0 unspecified atom stereocenters. The van der Waals surface area contributed by atoms with Gasteiger partial charge in [0, 0.05) is 6.20 Å². The van der Waals surface area contributed by atoms with Crippen molar-refractivity contribution < 1.29 is 28.2 Å². The van der Waals surface area contributed by atoms with Crippen LogP contribution in [0.15, 0.2) is 17.1 Å². The van der Waals surface area contributed by atoms with Gasteiger partial charge in [-0.15, -0.1) is 0 Å². The van der Waals surface area contributed by atoms with Gasteiger partial charge in [0.15, 0.2) is 18.0 Å². The van der Waals surface area contributed by atoms with E-state index in [2.05, 4.69) is 4.98 Å². The van der Waals surface area contributed by atoms with Crippen LogP contribution in [0.2, 0.25) is 0 Å². The van der Waals surface area contributed by atoms with Gasteiger partial charge in [-0.25, -0.2) is 9.18 Å². The first kappa shape index (κ1) is 21.8. The fourth-order valence-corrected chi connectivity index (χ4v) is 2.73. The average molecular weight is 399 g/mol. The first-order valence-corrected chi connectivity index (χ1v) is 9.01. The Morgan fingerprint density at radius 2 is 1.93 bits per heavy atom. The average Bonchev–Trinajstić information content (AvgIpc) is 2.83. The number of nitrogens with two attached hydrogens (primary N) is 1. The first-order chi connectivity index (χ1) is 12.9. The van der Waals surface area contributed by atoms with E-state index in [4.69, 9.17) is 19.9 Å². The van der Waals surface area contributed by atoms with Crippen LogP contribution >= 0.6 is 0 Å². The SMILES string of the molecule is CC(C)C(=O)OC[C@H]1O[C@@H](n2ccc(N)nc2=O)[C@](C)(F)[C@@H]1OC(=O)C(C)C. The Kier molecular flexibility index (Phi) is 6.43. The van der Waals surface area contributed by atoms with Gasteiger partial charge < -0.3 is 19.9 Å². The molecule has 9 nitrogen and oxygen atoms in total. The molecule has 0 spiro atoms. The highest BCUT2D eigenvalue weighted by molar-refractivity contribution is 5.72. The number of hydrogen-bond acceptors (Lipinski definition) is 8. The van der Waals surface area contributed by atoms with E-state index in [1.807, 2.05) is 0 Å². The summed E-state index contributed by atoms with van der Waals surface area (Å²) in [6, 6.07) is 1.32. The van der Waals surface area contributed by atoms with Crippen molar-refractivity contribution in [2.45, 2.75) is 58.7 Å². The summed E-state index contributed by atoms with van der Waals surface area (Å²) in [5, 5.41) is 0. The fraction of sp³-hybridized carbons (Fsp3) is 0.667. The second kappa shape index (κ2) is 8.26. The summed E-state index contributed by atoms with van der Waals surface area (Å²) in [4.78, 5) is 39.6. The second-order valence-corrected chi connectivity index (χ2v) is 7.52. The minimum absolute atomic E-state index is 0.0231. The maximum absolute atomic E-state index is 15.7. The van der Waals surface area contributed by atoms with Crippen LogP contribution in [0.4, 0.5) is 10.2 Å². The second-order valence-electron chi connectivity index (χ2n) is 7.52. The lowest BCUT2D eigenvalue weighted by Gasteiger charge is -2.28. The number of aromatic nitrogens is 2. The molecular formula is C18H26FN3O6. The zero-order valence-electron chi connectivity index (χ0n) is 16.5. The number of nitrogen functional groups attached to an aromatic ring is 1. The van der Waals surface area contributed by atoms with E-state index in [0.29, 0.717) is 0 Å². The minimum Gasteiger partial charge on any atom is -0.463 e. The summed E-state index contributed by atoms with van der Waals surface area (Å²) in [6.45, 7) is 7.33. The number of hydrogen-bond donors (Lipinski definition) is 1. The number of nitrogens with zero attached hydrogens (tertiary/aromatic N) is 2. The Morgan fingerprint density at radius 1 is 1.32 bits per heavy atom. The topological polar surface area (TPSA) is 123 Å². The molecule has 1 aromatic heterocycles. The molecule has 1 aliphatic heterocycles. The van der Waals surface area contributed by atoms with E-state index in [0.717, 1.165) is 11.5 Å². The molecule has 4 atom stereocenters. The number of esters is 2. The molecule has 1 fully saturated rings. The largest absolute Gasteiger partial charge is 0.463 e. The summed E-state index contributed by atoms with van der Waals surface area (Å²) in [7, 11) is 0. The maximum atomic E-state index is 15.7. The molecule has 0 amide bonds. The summed E-state index contributed by atoms with van der Waals surface area (Å²) >= 11 is 0. The quantitative estimate of drug-likeness (QED) is 0.709. The van der Waals surface area contributed by atoms with Gasteiger partial charge in [-0.1, -0.05) is 27.7 Å². The van der Waals surface area contributed by atoms with Crippen molar-refractivity contribution in [3.63, 3.8) is 0 Å². The predicted octanol–water partition coefficient (Wildman–Crippen LogP) is 1.22. The number of anilines is 1. The van der Waals surface area contributed by atoms with Crippen LogP contribution in [0.3, 0.4) is 0 Å². The highest BCUT2D eigenvalue weighted by Crippen LogP contribution is 2.42. The van der Waals surface area contributed by atoms with Gasteiger partial charge in [-0.2, -0.15) is 4.98 Å². The van der Waals surface area contributed by atoms with E-state index >= 15 is 4.39 Å². The van der Waals surface area contributed by atoms with Crippen molar-refractivity contribution in [2.24, 2.45) is 11.8 Å². The van der Waals surface area contributed by atoms with Crippen molar-refractivity contribution in [1.29, 1.82) is 0 Å². The van der Waals surface area contributed by atoms with Crippen LogP contribution in [0.5, 0.6) is 0 Å². The predicted molar refractivity (Wildman–Crippen MR) is 96.8 cm³/mol. The van der Waals surface area contributed by atoms with E-state index in [-0.39, 0.29) is 12.4 Å². The third kappa shape index (κ3) is 4.49. The summed E-state index contributed by atoms with van der Waals surface area (Å²) < 4.78 is 32.7. The number of rotatable bonds is 6. The molecule has 156 valence electrons. The molecule has 0 bridgehead atoms. The zero-order chi connectivity index (χ0) is 21.2. The van der Waals surface area contributed by atoms with Crippen LogP contribution in [-0.4, -0.2) is 46.0 Å². The smallest absolute Gasteiger partial charge is 0.351 e. The number of carbonyl (C=O) groups excluding carboxylic acids is 2. The van der Waals surface area contributed by atoms with Crippen LogP contribution in [-0.2, 0) is 23.8 Å². The van der Waals surface area contributed by atoms with Gasteiger partial charge in [0.1, 0.15) is 18.5 Å². The van der Waals surface area contributed by atoms with Gasteiger partial charge in [-0.3, -0.25) is 14.2 Å². The van der Waals surface area contributed by atoms with Crippen molar-refractivity contribution in [2.75, 3.05) is 12.3 Å². The number of carbonyl (C=O) groups is 2. The molecule has 2 rings (SSSR count). The summed E-state index contributed by atoms with van der Waals surface area (Å²) in [5.74, 6) is -2.07. The van der Waals surface area contributed by atoms with E-state index < -0.39 is 53.6 Å². The lowest BCUT2D eigenvalue weighted by Crippen LogP contribution is -2.46. The summed E-state index contributed by atoms with van der Waals surface area (Å²) in [6.07, 6.45) is -2.69. The monoisotopic (exact) mass is 399 g/mol. The Bertz CT molecular complexity index is 792. The molecule has 0 aromatic carbocycles. The molecular weight excluding hydrogens is 373 g/mol. The van der Waals surface area contributed by atoms with E-state index in [1.165, 1.54) is 12.3 Å². The Hall–Kier alpha value is -2.49. The molecule has 2 heterocycles. The van der Waals surface area contributed by atoms with Gasteiger partial charge in [0.25, 0.3) is 0 Å². The normalized spacial score (nSPS) is 27.2. The van der Waals surface area contributed by atoms with Crippen molar-refractivity contribution in [1.82, 2.24) is 9.55 Å². The molecule has 2 N–H and O–H groups in total. The number of alkyl halides is 1. The van der Waals surface area contributed by atoms with Crippen molar-refractivity contribution >= 4 is 17.8 Å². The fourth-order valence-electron chi connectivity index (χ4n) is 2.73. The van der Waals surface area contributed by atoms with Gasteiger partial charge in [0.2, 0.25) is 0 Å². The van der Waals surface area contributed by atoms with Gasteiger partial charge in [-0.05, 0) is 13.0 Å². The van der Waals surface area contributed by atoms with Crippen LogP contribution < -0.4 is 11.4 Å². The molecule has 0 saturated carbocycles. The lowest BCUT2D eigenvalue weighted by molar-refractivity contribution is -0.165. The Balaban J connectivity index is 2.34. The molecule has 10 heteroatoms. The van der Waals surface area contributed by atoms with E-state index in [1.54, 1.807) is 27.7 Å². The molecule has 28 heavy (non-hydrogen) atoms. The third-order valence-corrected chi connectivity index (χ3v) is 4.36. The standard InChI is InChI=1S/C18H26FN3O6/c1-9(2)14(23)26-8-11-13(28-15(24)10(3)4)18(5,19)16(27-11)22-7-6-12(20)21-17(22)25/h6-7,9-11,13,16H,8H2,1-5H3,(H2,20,21,25)/t11-,13-,16-,18-/m1/s1. The van der Waals surface area contributed by atoms with Gasteiger partial charge in [0.05, 0.1) is 11.8 Å². The summed E-state index contributed by atoms with van der Waals surface area (Å²) in [5.41, 5.74) is 2.36. The molecule has 1 aliphatic rings. The lowest BCUT2D eigenvalue weighted by atomic mass is 9.98. The third-order valence-electron chi connectivity index (χ3n) is 4.36. The first-order valence-electron chi connectivity index (χ1n) is 9.01. The van der Waals surface area contributed by atoms with Crippen LogP contribution in [0.25, 0.3) is 0 Å². The Morgan fingerprint density at radius 3 is 2.46 bits per heavy atom. The van der Waals surface area contributed by atoms with Crippen LogP contribution in [0.1, 0.15) is 40.8 Å². The molecule has 0 radical (unpaired) electrons. The van der Waals surface area contributed by atoms with E-state index in [9.17, 15) is 14.4 Å². The van der Waals surface area contributed by atoms with Crippen LogP contribution in [0, 0.1) is 11.8 Å². The minimum atomic E-state index is -2.29. The van der Waals surface area contributed by atoms with Crippen molar-refractivity contribution in [3.05, 3.63) is 22.7 Å². The number of halogens is 1. The van der Waals surface area contributed by atoms with Crippen molar-refractivity contribution in [3.8, 4) is 0 Å². The highest BCUT2D eigenvalue weighted by atomic mass is 19.1. The maximum Gasteiger partial charge on any atom is 0.351 e. The molecule has 1 saturated heterocycles. The zero-order valence-corrected chi connectivity index (χ0v) is 16.5. The van der Waals surface area contributed by atoms with Gasteiger partial charge >= 0.3 is 17.6 Å².